The predicted octanol–water partition coefficient (Wildman–Crippen LogP) is -0.151. The number of nitrogens with one attached hydrogen (secondary N) is 1. The Morgan fingerprint density at radius 3 is 2.88 bits per heavy atom. The van der Waals surface area contributed by atoms with Gasteiger partial charge in [-0.1, -0.05) is 0 Å². The van der Waals surface area contributed by atoms with Crippen LogP contribution in [0.5, 0.6) is 0 Å². The number of aryl methyl sites for hydroxylation is 1. The fraction of sp³-hybridized carbons (Fsp3) is 0.200. The molecule has 0 aliphatic rings. The molecule has 0 radical (unpaired) electrons. The Balaban J connectivity index is 2.06. The summed E-state index contributed by atoms with van der Waals surface area (Å²) in [6, 6.07) is -0.772. The number of anilines is 1. The first kappa shape index (κ1) is 11.2. The lowest BCUT2D eigenvalue weighted by atomic mass is 10.1. The molecule has 3 N–H and O–H groups in total. The number of carbonyl (C=O) groups excluding carboxylic acids is 1. The largest absolute Gasteiger partial charge is 0.316 e. The predicted molar refractivity (Wildman–Crippen MR) is 60.8 cm³/mol. The summed E-state index contributed by atoms with van der Waals surface area (Å²) in [7, 11) is 1.76. The van der Waals surface area contributed by atoms with Gasteiger partial charge in [0, 0.05) is 31.2 Å². The van der Waals surface area contributed by atoms with E-state index in [0.717, 1.165) is 0 Å². The molecule has 0 bridgehead atoms. The highest BCUT2D eigenvalue weighted by Crippen LogP contribution is 2.10. The lowest BCUT2D eigenvalue weighted by Crippen LogP contribution is -2.27. The third kappa shape index (κ3) is 2.64. The summed E-state index contributed by atoms with van der Waals surface area (Å²) in [6.07, 6.45) is 7.72. The van der Waals surface area contributed by atoms with Crippen molar-refractivity contribution in [1.29, 1.82) is 0 Å². The Hall–Kier alpha value is -2.28. The highest BCUT2D eigenvalue weighted by molar-refractivity contribution is 5.94. The number of rotatable bonds is 3. The number of hydrogen-bond acceptors (Lipinski definition) is 5. The van der Waals surface area contributed by atoms with Crippen LogP contribution in [0.4, 0.5) is 5.82 Å². The van der Waals surface area contributed by atoms with Crippen molar-refractivity contribution in [1.82, 2.24) is 19.7 Å². The maximum absolute atomic E-state index is 11.8. The minimum atomic E-state index is -0.772. The summed E-state index contributed by atoms with van der Waals surface area (Å²) in [6.45, 7) is 0. The smallest absolute Gasteiger partial charge is 0.247 e. The van der Waals surface area contributed by atoms with Crippen molar-refractivity contribution in [2.24, 2.45) is 12.8 Å². The lowest BCUT2D eigenvalue weighted by Gasteiger charge is -2.09. The van der Waals surface area contributed by atoms with Crippen LogP contribution in [0.1, 0.15) is 11.6 Å². The molecule has 2 heterocycles. The molecule has 0 aliphatic heterocycles. The first-order valence-corrected chi connectivity index (χ1v) is 4.98. The minimum Gasteiger partial charge on any atom is -0.316 e. The summed E-state index contributed by atoms with van der Waals surface area (Å²) in [5.41, 5.74) is 6.43. The second-order valence-electron chi connectivity index (χ2n) is 3.50. The van der Waals surface area contributed by atoms with Crippen molar-refractivity contribution in [2.75, 3.05) is 5.32 Å². The van der Waals surface area contributed by atoms with E-state index in [1.54, 1.807) is 24.1 Å². The van der Waals surface area contributed by atoms with E-state index in [9.17, 15) is 4.79 Å². The van der Waals surface area contributed by atoms with Gasteiger partial charge in [0.1, 0.15) is 6.04 Å². The SMILES string of the molecule is Cn1cc(C(N)C(=O)Nc2cnccn2)cn1. The molecule has 1 unspecified atom stereocenters. The zero-order valence-corrected chi connectivity index (χ0v) is 9.24. The summed E-state index contributed by atoms with van der Waals surface area (Å²) in [5, 5.41) is 6.53. The van der Waals surface area contributed by atoms with Gasteiger partial charge < -0.3 is 11.1 Å². The number of nitrogens with zero attached hydrogens (tertiary/aromatic N) is 4. The van der Waals surface area contributed by atoms with Crippen molar-refractivity contribution in [3.8, 4) is 0 Å². The van der Waals surface area contributed by atoms with Crippen LogP contribution in [0.15, 0.2) is 31.0 Å². The molecule has 17 heavy (non-hydrogen) atoms. The molecular weight excluding hydrogens is 220 g/mol. The van der Waals surface area contributed by atoms with E-state index < -0.39 is 6.04 Å². The Morgan fingerprint density at radius 1 is 1.47 bits per heavy atom. The van der Waals surface area contributed by atoms with Crippen LogP contribution in [0.2, 0.25) is 0 Å². The molecule has 2 rings (SSSR count). The van der Waals surface area contributed by atoms with Crippen LogP contribution in [0.25, 0.3) is 0 Å². The monoisotopic (exact) mass is 232 g/mol. The summed E-state index contributed by atoms with van der Waals surface area (Å²) in [4.78, 5) is 19.5. The van der Waals surface area contributed by atoms with Crippen molar-refractivity contribution in [3.63, 3.8) is 0 Å². The normalized spacial score (nSPS) is 12.1. The molecule has 7 nitrogen and oxygen atoms in total. The van der Waals surface area contributed by atoms with Crippen LogP contribution in [-0.4, -0.2) is 25.7 Å². The minimum absolute atomic E-state index is 0.349. The first-order valence-electron chi connectivity index (χ1n) is 4.98. The quantitative estimate of drug-likeness (QED) is 0.766. The average molecular weight is 232 g/mol. The zero-order chi connectivity index (χ0) is 12.3. The molecule has 0 aliphatic carbocycles. The van der Waals surface area contributed by atoms with Crippen molar-refractivity contribution in [2.45, 2.75) is 6.04 Å². The molecule has 7 heteroatoms. The Kier molecular flexibility index (Phi) is 3.10. The van der Waals surface area contributed by atoms with E-state index in [4.69, 9.17) is 5.73 Å². The van der Waals surface area contributed by atoms with E-state index in [-0.39, 0.29) is 5.91 Å². The summed E-state index contributed by atoms with van der Waals surface area (Å²) in [5.74, 6) is 0.0235. The maximum Gasteiger partial charge on any atom is 0.247 e. The van der Waals surface area contributed by atoms with E-state index in [2.05, 4.69) is 20.4 Å². The number of carbonyl (C=O) groups is 1. The van der Waals surface area contributed by atoms with Crippen molar-refractivity contribution < 1.29 is 4.79 Å². The summed E-state index contributed by atoms with van der Waals surface area (Å²) >= 11 is 0. The van der Waals surface area contributed by atoms with E-state index in [1.165, 1.54) is 18.6 Å². The van der Waals surface area contributed by atoms with Gasteiger partial charge in [-0.05, 0) is 0 Å². The molecule has 2 aromatic rings. The third-order valence-corrected chi connectivity index (χ3v) is 2.18. The molecule has 0 saturated carbocycles. The highest BCUT2D eigenvalue weighted by Gasteiger charge is 2.17. The van der Waals surface area contributed by atoms with Gasteiger partial charge in [-0.15, -0.1) is 0 Å². The molecule has 0 saturated heterocycles. The Bertz CT molecular complexity index is 509. The van der Waals surface area contributed by atoms with Gasteiger partial charge in [0.25, 0.3) is 0 Å². The van der Waals surface area contributed by atoms with Crippen LogP contribution in [0, 0.1) is 0 Å². The summed E-state index contributed by atoms with van der Waals surface area (Å²) < 4.78 is 1.59. The molecule has 0 spiro atoms. The fourth-order valence-electron chi connectivity index (χ4n) is 1.32. The first-order chi connectivity index (χ1) is 8.16. The Labute approximate surface area is 97.7 Å². The molecule has 2 aromatic heterocycles. The van der Waals surface area contributed by atoms with Gasteiger partial charge in [0.15, 0.2) is 5.82 Å². The Morgan fingerprint density at radius 2 is 2.29 bits per heavy atom. The van der Waals surface area contributed by atoms with Gasteiger partial charge in [-0.2, -0.15) is 5.10 Å². The van der Waals surface area contributed by atoms with E-state index in [1.807, 2.05) is 0 Å². The second kappa shape index (κ2) is 4.71. The van der Waals surface area contributed by atoms with Gasteiger partial charge in [-0.3, -0.25) is 14.5 Å². The maximum atomic E-state index is 11.8. The van der Waals surface area contributed by atoms with Crippen LogP contribution in [-0.2, 0) is 11.8 Å². The van der Waals surface area contributed by atoms with E-state index in [0.29, 0.717) is 11.4 Å². The van der Waals surface area contributed by atoms with E-state index >= 15 is 0 Å². The van der Waals surface area contributed by atoms with Crippen LogP contribution in [0.3, 0.4) is 0 Å². The molecule has 1 atom stereocenters. The topological polar surface area (TPSA) is 98.7 Å². The van der Waals surface area contributed by atoms with Crippen molar-refractivity contribution >= 4 is 11.7 Å². The zero-order valence-electron chi connectivity index (χ0n) is 9.24. The average Bonchev–Trinajstić information content (AvgIpc) is 2.76. The number of aromatic nitrogens is 4. The lowest BCUT2D eigenvalue weighted by molar-refractivity contribution is -0.117. The van der Waals surface area contributed by atoms with Gasteiger partial charge in [0.05, 0.1) is 12.4 Å². The number of hydrogen-bond donors (Lipinski definition) is 2. The molecular formula is C10H12N6O. The van der Waals surface area contributed by atoms with Gasteiger partial charge in [-0.25, -0.2) is 4.98 Å². The van der Waals surface area contributed by atoms with Crippen molar-refractivity contribution in [3.05, 3.63) is 36.5 Å². The molecule has 0 aromatic carbocycles. The third-order valence-electron chi connectivity index (χ3n) is 2.18. The van der Waals surface area contributed by atoms with Gasteiger partial charge >= 0.3 is 0 Å². The molecule has 88 valence electrons. The number of amides is 1. The second-order valence-corrected chi connectivity index (χ2v) is 3.50. The molecule has 0 fully saturated rings. The highest BCUT2D eigenvalue weighted by atomic mass is 16.2. The molecule has 1 amide bonds. The fourth-order valence-corrected chi connectivity index (χ4v) is 1.32. The standard InChI is InChI=1S/C10H12N6O/c1-16-6-7(4-14-16)9(11)10(17)15-8-5-12-2-3-13-8/h2-6,9H,11H2,1H3,(H,13,15,17). The van der Waals surface area contributed by atoms with Crippen LogP contribution >= 0.6 is 0 Å². The van der Waals surface area contributed by atoms with Gasteiger partial charge in [0.2, 0.25) is 5.91 Å². The van der Waals surface area contributed by atoms with Crippen LogP contribution < -0.4 is 11.1 Å². The number of nitrogens with two attached hydrogens (primary N) is 1.